The van der Waals surface area contributed by atoms with Crippen molar-refractivity contribution in [2.24, 2.45) is 0 Å². The number of pyridine rings is 1. The average Bonchev–Trinajstić information content (AvgIpc) is 2.47. The van der Waals surface area contributed by atoms with Gasteiger partial charge in [0.05, 0.1) is 5.56 Å². The van der Waals surface area contributed by atoms with Crippen LogP contribution in [0, 0.1) is 11.3 Å². The average molecular weight is 230 g/mol. The molecule has 0 unspecified atom stereocenters. The Labute approximate surface area is 105 Å². The SMILES string of the molecule is N#Cc1cncc(-c2cccc3ccccc23)c1. The van der Waals surface area contributed by atoms with E-state index in [1.54, 1.807) is 12.4 Å². The molecule has 0 spiro atoms. The summed E-state index contributed by atoms with van der Waals surface area (Å²) in [4.78, 5) is 4.12. The van der Waals surface area contributed by atoms with Gasteiger partial charge in [0.2, 0.25) is 0 Å². The second-order valence-corrected chi connectivity index (χ2v) is 4.10. The van der Waals surface area contributed by atoms with Crippen LogP contribution in [0.5, 0.6) is 0 Å². The standard InChI is InChI=1S/C16H10N2/c17-9-12-8-14(11-18-10-12)16-7-3-5-13-4-1-2-6-15(13)16/h1-8,10-11H. The maximum atomic E-state index is 8.93. The molecule has 0 N–H and O–H groups in total. The van der Waals surface area contributed by atoms with Gasteiger partial charge in [-0.05, 0) is 22.4 Å². The zero-order valence-electron chi connectivity index (χ0n) is 9.67. The minimum absolute atomic E-state index is 0.584. The summed E-state index contributed by atoms with van der Waals surface area (Å²) in [5.74, 6) is 0. The van der Waals surface area contributed by atoms with Crippen molar-refractivity contribution in [1.29, 1.82) is 5.26 Å². The summed E-state index contributed by atoms with van der Waals surface area (Å²) in [5, 5.41) is 11.3. The Morgan fingerprint density at radius 2 is 1.78 bits per heavy atom. The van der Waals surface area contributed by atoms with E-state index in [1.165, 1.54) is 10.8 Å². The van der Waals surface area contributed by atoms with Gasteiger partial charge >= 0.3 is 0 Å². The lowest BCUT2D eigenvalue weighted by atomic mass is 9.99. The van der Waals surface area contributed by atoms with Gasteiger partial charge in [-0.3, -0.25) is 4.98 Å². The van der Waals surface area contributed by atoms with Gasteiger partial charge in [-0.2, -0.15) is 5.26 Å². The molecule has 0 saturated heterocycles. The summed E-state index contributed by atoms with van der Waals surface area (Å²) in [6.07, 6.45) is 3.37. The van der Waals surface area contributed by atoms with Crippen LogP contribution in [0.15, 0.2) is 60.9 Å². The van der Waals surface area contributed by atoms with E-state index in [9.17, 15) is 0 Å². The molecule has 3 rings (SSSR count). The third-order valence-corrected chi connectivity index (χ3v) is 2.97. The maximum absolute atomic E-state index is 8.93. The Morgan fingerprint density at radius 3 is 2.67 bits per heavy atom. The van der Waals surface area contributed by atoms with Crippen LogP contribution >= 0.6 is 0 Å². The van der Waals surface area contributed by atoms with Crippen LogP contribution in [0.2, 0.25) is 0 Å². The van der Waals surface area contributed by atoms with Gasteiger partial charge in [0, 0.05) is 18.0 Å². The highest BCUT2D eigenvalue weighted by Crippen LogP contribution is 2.28. The van der Waals surface area contributed by atoms with E-state index in [1.807, 2.05) is 24.3 Å². The molecule has 1 heterocycles. The molecule has 2 heteroatoms. The van der Waals surface area contributed by atoms with Gasteiger partial charge in [-0.25, -0.2) is 0 Å². The summed E-state index contributed by atoms with van der Waals surface area (Å²) < 4.78 is 0. The molecule has 3 aromatic rings. The fourth-order valence-electron chi connectivity index (χ4n) is 2.13. The highest BCUT2D eigenvalue weighted by Gasteiger charge is 2.04. The molecule has 1 aromatic heterocycles. The Kier molecular flexibility index (Phi) is 2.51. The highest BCUT2D eigenvalue weighted by atomic mass is 14.6. The monoisotopic (exact) mass is 230 g/mol. The Hall–Kier alpha value is -2.66. The van der Waals surface area contributed by atoms with Gasteiger partial charge in [-0.1, -0.05) is 42.5 Å². The molecule has 2 nitrogen and oxygen atoms in total. The molecule has 0 aliphatic carbocycles. The molecule has 84 valence electrons. The number of rotatable bonds is 1. The number of benzene rings is 2. The van der Waals surface area contributed by atoms with Crippen molar-refractivity contribution in [3.8, 4) is 17.2 Å². The van der Waals surface area contributed by atoms with E-state index < -0.39 is 0 Å². The molecule has 0 aliphatic heterocycles. The van der Waals surface area contributed by atoms with Crippen LogP contribution in [-0.4, -0.2) is 4.98 Å². The normalized spacial score (nSPS) is 10.2. The minimum Gasteiger partial charge on any atom is -0.263 e. The second-order valence-electron chi connectivity index (χ2n) is 4.10. The molecule has 0 saturated carbocycles. The first-order valence-electron chi connectivity index (χ1n) is 5.72. The van der Waals surface area contributed by atoms with Crippen LogP contribution in [0.3, 0.4) is 0 Å². The Morgan fingerprint density at radius 1 is 0.944 bits per heavy atom. The van der Waals surface area contributed by atoms with Crippen LogP contribution in [0.1, 0.15) is 5.56 Å². The first kappa shape index (κ1) is 10.5. The van der Waals surface area contributed by atoms with E-state index in [0.717, 1.165) is 11.1 Å². The fraction of sp³-hybridized carbons (Fsp3) is 0. The van der Waals surface area contributed by atoms with Crippen molar-refractivity contribution in [2.45, 2.75) is 0 Å². The van der Waals surface area contributed by atoms with Crippen LogP contribution in [0.4, 0.5) is 0 Å². The smallest absolute Gasteiger partial charge is 0.101 e. The van der Waals surface area contributed by atoms with E-state index >= 15 is 0 Å². The van der Waals surface area contributed by atoms with Gasteiger partial charge < -0.3 is 0 Å². The van der Waals surface area contributed by atoms with Crippen molar-refractivity contribution < 1.29 is 0 Å². The summed E-state index contributed by atoms with van der Waals surface area (Å²) in [6, 6.07) is 18.4. The zero-order chi connectivity index (χ0) is 12.4. The molecule has 0 radical (unpaired) electrons. The van der Waals surface area contributed by atoms with Crippen LogP contribution < -0.4 is 0 Å². The van der Waals surface area contributed by atoms with Gasteiger partial charge in [-0.15, -0.1) is 0 Å². The van der Waals surface area contributed by atoms with Gasteiger partial charge in [0.25, 0.3) is 0 Å². The van der Waals surface area contributed by atoms with E-state index in [0.29, 0.717) is 5.56 Å². The zero-order valence-corrected chi connectivity index (χ0v) is 9.67. The predicted molar refractivity (Wildman–Crippen MR) is 71.9 cm³/mol. The molecule has 0 atom stereocenters. The maximum Gasteiger partial charge on any atom is 0.101 e. The Bertz CT molecular complexity index is 749. The number of nitrogens with zero attached hydrogens (tertiary/aromatic N) is 2. The van der Waals surface area contributed by atoms with Crippen molar-refractivity contribution >= 4 is 10.8 Å². The lowest BCUT2D eigenvalue weighted by Crippen LogP contribution is -1.84. The topological polar surface area (TPSA) is 36.7 Å². The summed E-state index contributed by atoms with van der Waals surface area (Å²) in [7, 11) is 0. The third kappa shape index (κ3) is 1.72. The second kappa shape index (κ2) is 4.31. The highest BCUT2D eigenvalue weighted by molar-refractivity contribution is 5.96. The lowest BCUT2D eigenvalue weighted by Gasteiger charge is -2.06. The molecule has 2 aromatic carbocycles. The van der Waals surface area contributed by atoms with E-state index in [-0.39, 0.29) is 0 Å². The molecule has 18 heavy (non-hydrogen) atoms. The van der Waals surface area contributed by atoms with Crippen molar-refractivity contribution in [3.63, 3.8) is 0 Å². The van der Waals surface area contributed by atoms with Gasteiger partial charge in [0.1, 0.15) is 6.07 Å². The number of hydrogen-bond donors (Lipinski definition) is 0. The minimum atomic E-state index is 0.584. The number of hydrogen-bond acceptors (Lipinski definition) is 2. The fourth-order valence-corrected chi connectivity index (χ4v) is 2.13. The lowest BCUT2D eigenvalue weighted by molar-refractivity contribution is 1.30. The summed E-state index contributed by atoms with van der Waals surface area (Å²) in [5.41, 5.74) is 2.67. The third-order valence-electron chi connectivity index (χ3n) is 2.97. The van der Waals surface area contributed by atoms with Crippen LogP contribution in [0.25, 0.3) is 21.9 Å². The Balaban J connectivity index is 2.28. The van der Waals surface area contributed by atoms with E-state index in [2.05, 4.69) is 35.3 Å². The number of nitriles is 1. The van der Waals surface area contributed by atoms with Crippen LogP contribution in [-0.2, 0) is 0 Å². The van der Waals surface area contributed by atoms with E-state index in [4.69, 9.17) is 5.26 Å². The molecule has 0 bridgehead atoms. The largest absolute Gasteiger partial charge is 0.263 e. The number of aromatic nitrogens is 1. The van der Waals surface area contributed by atoms with Crippen molar-refractivity contribution in [3.05, 3.63) is 66.5 Å². The summed E-state index contributed by atoms with van der Waals surface area (Å²) in [6.45, 7) is 0. The molecule has 0 aliphatic rings. The first-order valence-corrected chi connectivity index (χ1v) is 5.72. The molecule has 0 fully saturated rings. The molecule has 0 amide bonds. The number of fused-ring (bicyclic) bond motifs is 1. The molecular formula is C16H10N2. The first-order chi connectivity index (χ1) is 8.88. The molecular weight excluding hydrogens is 220 g/mol. The predicted octanol–water partition coefficient (Wildman–Crippen LogP) is 3.77. The van der Waals surface area contributed by atoms with Crippen molar-refractivity contribution in [1.82, 2.24) is 4.98 Å². The van der Waals surface area contributed by atoms with Crippen molar-refractivity contribution in [2.75, 3.05) is 0 Å². The summed E-state index contributed by atoms with van der Waals surface area (Å²) >= 11 is 0. The quantitative estimate of drug-likeness (QED) is 0.638. The van der Waals surface area contributed by atoms with Gasteiger partial charge in [0.15, 0.2) is 0 Å².